The molecule has 1 aromatic carbocycles. The van der Waals surface area contributed by atoms with Gasteiger partial charge in [0.25, 0.3) is 0 Å². The number of carbonyl (C=O) groups excluding carboxylic acids is 2. The Morgan fingerprint density at radius 2 is 1.97 bits per heavy atom. The van der Waals surface area contributed by atoms with Crippen LogP contribution < -0.4 is 0 Å². The van der Waals surface area contributed by atoms with Crippen molar-refractivity contribution in [3.63, 3.8) is 0 Å². The molecule has 0 unspecified atom stereocenters. The van der Waals surface area contributed by atoms with E-state index in [0.717, 1.165) is 30.6 Å². The van der Waals surface area contributed by atoms with Crippen LogP contribution in [0.4, 0.5) is 4.39 Å². The summed E-state index contributed by atoms with van der Waals surface area (Å²) in [7, 11) is 0. The largest absolute Gasteiger partial charge is 0.381 e. The van der Waals surface area contributed by atoms with Gasteiger partial charge in [0, 0.05) is 57.0 Å². The standard InChI is InChI=1S/C26H31ClFN3O3/c1-16-13-30(5-6-31(16)26(33)19-4-7-34-15-19)14-22-9-23(28)8-20(17(22)2)11-25(32)21-10-24(27)18(3)29-12-21/h8-10,12,16,19H,4-7,11,13-15H2,1-3H3/t16-,19+/m0/s1. The minimum Gasteiger partial charge on any atom is -0.381 e. The average molecular weight is 488 g/mol. The number of aromatic nitrogens is 1. The van der Waals surface area contributed by atoms with Gasteiger partial charge in [-0.05, 0) is 62.1 Å². The second kappa shape index (κ2) is 10.5. The number of pyridine rings is 1. The number of nitrogens with zero attached hydrogens (tertiary/aromatic N) is 3. The monoisotopic (exact) mass is 487 g/mol. The number of ketones is 1. The molecule has 3 heterocycles. The molecular weight excluding hydrogens is 457 g/mol. The topological polar surface area (TPSA) is 62.7 Å². The first kappa shape index (κ1) is 24.8. The van der Waals surface area contributed by atoms with Crippen molar-refractivity contribution in [3.05, 3.63) is 63.2 Å². The molecule has 34 heavy (non-hydrogen) atoms. The van der Waals surface area contributed by atoms with E-state index in [1.54, 1.807) is 19.1 Å². The molecule has 0 bridgehead atoms. The molecule has 1 amide bonds. The van der Waals surface area contributed by atoms with Crippen molar-refractivity contribution in [2.24, 2.45) is 5.92 Å². The van der Waals surface area contributed by atoms with Gasteiger partial charge in [-0.1, -0.05) is 11.6 Å². The number of carbonyl (C=O) groups is 2. The quantitative estimate of drug-likeness (QED) is 0.577. The zero-order valence-electron chi connectivity index (χ0n) is 19.9. The number of hydrogen-bond acceptors (Lipinski definition) is 5. The van der Waals surface area contributed by atoms with E-state index in [2.05, 4.69) is 16.8 Å². The summed E-state index contributed by atoms with van der Waals surface area (Å²) >= 11 is 6.12. The van der Waals surface area contributed by atoms with Crippen LogP contribution in [0.2, 0.25) is 5.02 Å². The molecule has 2 aliphatic heterocycles. The summed E-state index contributed by atoms with van der Waals surface area (Å²) in [6.45, 7) is 9.60. The Balaban J connectivity index is 1.43. The van der Waals surface area contributed by atoms with Crippen molar-refractivity contribution in [2.45, 2.75) is 46.2 Å². The molecule has 2 atom stereocenters. The summed E-state index contributed by atoms with van der Waals surface area (Å²) in [6, 6.07) is 4.67. The van der Waals surface area contributed by atoms with Crippen molar-refractivity contribution in [2.75, 3.05) is 32.8 Å². The summed E-state index contributed by atoms with van der Waals surface area (Å²) in [5.74, 6) is -0.353. The van der Waals surface area contributed by atoms with Crippen LogP contribution in [0.15, 0.2) is 24.4 Å². The van der Waals surface area contributed by atoms with E-state index >= 15 is 0 Å². The molecular formula is C26H31ClFN3O3. The van der Waals surface area contributed by atoms with Crippen LogP contribution in [-0.2, 0) is 22.5 Å². The molecule has 4 rings (SSSR count). The van der Waals surface area contributed by atoms with E-state index in [1.165, 1.54) is 12.3 Å². The third kappa shape index (κ3) is 5.48. The van der Waals surface area contributed by atoms with Crippen LogP contribution in [0, 0.1) is 25.6 Å². The zero-order chi connectivity index (χ0) is 24.4. The number of amides is 1. The number of rotatable bonds is 6. The van der Waals surface area contributed by atoms with Crippen LogP contribution in [0.25, 0.3) is 0 Å². The van der Waals surface area contributed by atoms with E-state index in [-0.39, 0.29) is 35.9 Å². The molecule has 0 aliphatic carbocycles. The van der Waals surface area contributed by atoms with E-state index in [9.17, 15) is 14.0 Å². The molecule has 0 spiro atoms. The SMILES string of the molecule is Cc1ncc(C(=O)Cc2cc(F)cc(CN3CCN(C(=O)[C@@H]4CCOC4)[C@@H](C)C3)c2C)cc1Cl. The normalized spacial score (nSPS) is 21.1. The molecule has 0 radical (unpaired) electrons. The fourth-order valence-corrected chi connectivity index (χ4v) is 4.95. The predicted molar refractivity (Wildman–Crippen MR) is 129 cm³/mol. The van der Waals surface area contributed by atoms with Gasteiger partial charge in [-0.15, -0.1) is 0 Å². The van der Waals surface area contributed by atoms with Gasteiger partial charge in [0.2, 0.25) is 5.91 Å². The van der Waals surface area contributed by atoms with Crippen molar-refractivity contribution >= 4 is 23.3 Å². The number of Topliss-reactive ketones (excluding diaryl/α,β-unsaturated/α-hetero) is 1. The van der Waals surface area contributed by atoms with E-state index in [1.807, 2.05) is 11.8 Å². The maximum Gasteiger partial charge on any atom is 0.228 e. The molecule has 8 heteroatoms. The van der Waals surface area contributed by atoms with Crippen molar-refractivity contribution in [1.82, 2.24) is 14.8 Å². The highest BCUT2D eigenvalue weighted by atomic mass is 35.5. The first-order valence-electron chi connectivity index (χ1n) is 11.8. The zero-order valence-corrected chi connectivity index (χ0v) is 20.7. The summed E-state index contributed by atoms with van der Waals surface area (Å²) in [5, 5.41) is 0.440. The van der Waals surface area contributed by atoms with E-state index in [4.69, 9.17) is 16.3 Å². The van der Waals surface area contributed by atoms with Gasteiger partial charge in [0.05, 0.1) is 23.2 Å². The maximum atomic E-state index is 14.5. The van der Waals surface area contributed by atoms with Gasteiger partial charge in [0.15, 0.2) is 5.78 Å². The Kier molecular flexibility index (Phi) is 7.65. The summed E-state index contributed by atoms with van der Waals surface area (Å²) in [4.78, 5) is 34.0. The fourth-order valence-electron chi connectivity index (χ4n) is 4.79. The van der Waals surface area contributed by atoms with Crippen LogP contribution in [-0.4, -0.2) is 65.4 Å². The number of ether oxygens (including phenoxy) is 1. The third-order valence-electron chi connectivity index (χ3n) is 6.95. The first-order valence-corrected chi connectivity index (χ1v) is 12.1. The van der Waals surface area contributed by atoms with Crippen LogP contribution >= 0.6 is 11.6 Å². The maximum absolute atomic E-state index is 14.5. The van der Waals surface area contributed by atoms with E-state index in [0.29, 0.717) is 48.1 Å². The Bertz CT molecular complexity index is 1090. The highest BCUT2D eigenvalue weighted by Crippen LogP contribution is 2.24. The molecule has 6 nitrogen and oxygen atoms in total. The Morgan fingerprint density at radius 3 is 2.65 bits per heavy atom. The molecule has 2 fully saturated rings. The Morgan fingerprint density at radius 1 is 1.21 bits per heavy atom. The number of aryl methyl sites for hydroxylation is 1. The smallest absolute Gasteiger partial charge is 0.228 e. The number of hydrogen-bond donors (Lipinski definition) is 0. The fraction of sp³-hybridized carbons (Fsp3) is 0.500. The van der Waals surface area contributed by atoms with Gasteiger partial charge in [0.1, 0.15) is 5.82 Å². The Labute approximate surface area is 205 Å². The lowest BCUT2D eigenvalue weighted by Gasteiger charge is -2.41. The molecule has 182 valence electrons. The van der Waals surface area contributed by atoms with Gasteiger partial charge >= 0.3 is 0 Å². The number of benzene rings is 1. The average Bonchev–Trinajstić information content (AvgIpc) is 3.33. The predicted octanol–water partition coefficient (Wildman–Crippen LogP) is 3.99. The summed E-state index contributed by atoms with van der Waals surface area (Å²) < 4.78 is 19.9. The van der Waals surface area contributed by atoms with Crippen molar-refractivity contribution < 1.29 is 18.7 Å². The van der Waals surface area contributed by atoms with Crippen molar-refractivity contribution in [3.8, 4) is 0 Å². The second-order valence-corrected chi connectivity index (χ2v) is 9.82. The summed E-state index contributed by atoms with van der Waals surface area (Å²) in [5.41, 5.74) is 3.52. The van der Waals surface area contributed by atoms with Gasteiger partial charge in [-0.2, -0.15) is 0 Å². The van der Waals surface area contributed by atoms with Gasteiger partial charge in [-0.25, -0.2) is 4.39 Å². The molecule has 1 aromatic heterocycles. The minimum atomic E-state index is -0.355. The lowest BCUT2D eigenvalue weighted by Crippen LogP contribution is -2.55. The first-order chi connectivity index (χ1) is 16.2. The van der Waals surface area contributed by atoms with Crippen molar-refractivity contribution in [1.29, 1.82) is 0 Å². The highest BCUT2D eigenvalue weighted by molar-refractivity contribution is 6.31. The van der Waals surface area contributed by atoms with Crippen LogP contribution in [0.1, 0.15) is 46.1 Å². The minimum absolute atomic E-state index is 0.0295. The lowest BCUT2D eigenvalue weighted by atomic mass is 9.95. The second-order valence-electron chi connectivity index (χ2n) is 9.42. The molecule has 2 aromatic rings. The van der Waals surface area contributed by atoms with Gasteiger partial charge < -0.3 is 9.64 Å². The van der Waals surface area contributed by atoms with Gasteiger partial charge in [-0.3, -0.25) is 19.5 Å². The lowest BCUT2D eigenvalue weighted by molar-refractivity contribution is -0.140. The number of piperazine rings is 1. The Hall–Kier alpha value is -2.35. The van der Waals surface area contributed by atoms with Crippen LogP contribution in [0.5, 0.6) is 0 Å². The highest BCUT2D eigenvalue weighted by Gasteiger charge is 2.33. The van der Waals surface area contributed by atoms with Crippen LogP contribution in [0.3, 0.4) is 0 Å². The third-order valence-corrected chi connectivity index (χ3v) is 7.34. The molecule has 2 saturated heterocycles. The molecule has 0 N–H and O–H groups in total. The summed E-state index contributed by atoms with van der Waals surface area (Å²) in [6.07, 6.45) is 2.39. The molecule has 0 saturated carbocycles. The molecule has 2 aliphatic rings. The number of halogens is 2. The van der Waals surface area contributed by atoms with E-state index < -0.39 is 0 Å².